The van der Waals surface area contributed by atoms with Crippen molar-refractivity contribution in [3.8, 4) is 33.8 Å². The van der Waals surface area contributed by atoms with Gasteiger partial charge in [-0.2, -0.15) is 0 Å². The molecule has 0 unspecified atom stereocenters. The lowest BCUT2D eigenvalue weighted by Gasteiger charge is -2.19. The van der Waals surface area contributed by atoms with Crippen molar-refractivity contribution in [2.75, 3.05) is 42.8 Å². The molecule has 2 N–H and O–H groups in total. The molecule has 0 spiro atoms. The number of methoxy groups -OCH3 is 2. The molecule has 0 atom stereocenters. The molecular weight excluding hydrogens is 800 g/mol. The van der Waals surface area contributed by atoms with Crippen LogP contribution in [-0.4, -0.2) is 39.1 Å². The minimum atomic E-state index is -0.293. The van der Waals surface area contributed by atoms with Gasteiger partial charge in [0, 0.05) is 61.3 Å². The van der Waals surface area contributed by atoms with Gasteiger partial charge in [-0.25, -0.2) is 8.78 Å². The van der Waals surface area contributed by atoms with Crippen molar-refractivity contribution in [1.29, 1.82) is 0 Å². The molecule has 58 heavy (non-hydrogen) atoms. The fraction of sp³-hybridized carbons (Fsp3) is 0.208. The second-order valence-electron chi connectivity index (χ2n) is 14.1. The lowest BCUT2D eigenvalue weighted by molar-refractivity contribution is -0.115. The van der Waals surface area contributed by atoms with E-state index in [1.54, 1.807) is 25.3 Å². The molecule has 7 nitrogen and oxygen atoms in total. The van der Waals surface area contributed by atoms with E-state index < -0.39 is 0 Å². The topological polar surface area (TPSA) is 79.9 Å². The molecule has 7 rings (SSSR count). The Kier molecular flexibility index (Phi) is 13.9. The van der Waals surface area contributed by atoms with Crippen LogP contribution in [0.1, 0.15) is 48.9 Å². The summed E-state index contributed by atoms with van der Waals surface area (Å²) in [5, 5.41) is 5.47. The first-order valence-corrected chi connectivity index (χ1v) is 19.9. The molecule has 1 heterocycles. The van der Waals surface area contributed by atoms with Crippen LogP contribution in [0, 0.1) is 11.6 Å². The highest BCUT2D eigenvalue weighted by Gasteiger charge is 2.20. The quantitative estimate of drug-likeness (QED) is 0.136. The second-order valence-corrected chi connectivity index (χ2v) is 15.0. The molecule has 0 bridgehead atoms. The zero-order valence-corrected chi connectivity index (χ0v) is 34.6. The number of nitrogens with one attached hydrogen (secondary N) is 2. The molecule has 1 aliphatic rings. The molecule has 6 aromatic carbocycles. The van der Waals surface area contributed by atoms with E-state index in [2.05, 4.69) is 43.6 Å². The average Bonchev–Trinajstić information content (AvgIpc) is 3.76. The van der Waals surface area contributed by atoms with Crippen LogP contribution in [0.5, 0.6) is 11.5 Å². The minimum absolute atomic E-state index is 0.116. The van der Waals surface area contributed by atoms with Crippen LogP contribution in [-0.2, 0) is 22.4 Å². The number of halogens is 3. The molecule has 0 saturated carbocycles. The summed E-state index contributed by atoms with van der Waals surface area (Å²) in [6.45, 7) is 5.01. The lowest BCUT2D eigenvalue weighted by atomic mass is 9.96. The highest BCUT2D eigenvalue weighted by atomic mass is 79.9. The highest BCUT2D eigenvalue weighted by molar-refractivity contribution is 9.10. The Hall–Kier alpha value is -6.00. The zero-order chi connectivity index (χ0) is 41.2. The summed E-state index contributed by atoms with van der Waals surface area (Å²) >= 11 is 3.43. The predicted octanol–water partition coefficient (Wildman–Crippen LogP) is 11.5. The SMILES string of the molecule is COc1ccc(Cc2ccc(NC(C)=O)cc2)c(F)c1-c1cccc(Br)c1.COc1ccc(Cc2ccc(NC(C)=O)cc2)c(F)c1-c1cccc(N2CCCC2)c1. The van der Waals surface area contributed by atoms with Gasteiger partial charge in [0.1, 0.15) is 23.1 Å². The van der Waals surface area contributed by atoms with E-state index in [4.69, 9.17) is 9.47 Å². The number of carbonyl (C=O) groups is 2. The maximum atomic E-state index is 15.7. The molecule has 1 aliphatic heterocycles. The number of carbonyl (C=O) groups excluding carboxylic acids is 2. The molecule has 1 fully saturated rings. The van der Waals surface area contributed by atoms with E-state index in [-0.39, 0.29) is 23.4 Å². The second kappa shape index (κ2) is 19.4. The van der Waals surface area contributed by atoms with Crippen LogP contribution < -0.4 is 25.0 Å². The Labute approximate surface area is 347 Å². The summed E-state index contributed by atoms with van der Waals surface area (Å²) < 4.78 is 42.8. The summed E-state index contributed by atoms with van der Waals surface area (Å²) in [4.78, 5) is 24.7. The van der Waals surface area contributed by atoms with Crippen molar-refractivity contribution >= 4 is 44.8 Å². The van der Waals surface area contributed by atoms with Crippen molar-refractivity contribution < 1.29 is 27.8 Å². The zero-order valence-electron chi connectivity index (χ0n) is 33.0. The van der Waals surface area contributed by atoms with Gasteiger partial charge in [-0.15, -0.1) is 0 Å². The Morgan fingerprint density at radius 3 is 1.50 bits per heavy atom. The average molecular weight is 847 g/mol. The third kappa shape index (κ3) is 10.5. The lowest BCUT2D eigenvalue weighted by Crippen LogP contribution is -2.17. The third-order valence-corrected chi connectivity index (χ3v) is 10.4. The van der Waals surface area contributed by atoms with Crippen molar-refractivity contribution in [1.82, 2.24) is 0 Å². The Morgan fingerprint density at radius 1 is 0.621 bits per heavy atom. The van der Waals surface area contributed by atoms with Gasteiger partial charge >= 0.3 is 0 Å². The van der Waals surface area contributed by atoms with Crippen molar-refractivity contribution in [3.05, 3.63) is 160 Å². The molecule has 6 aromatic rings. The van der Waals surface area contributed by atoms with Crippen LogP contribution in [0.2, 0.25) is 0 Å². The number of hydrogen-bond acceptors (Lipinski definition) is 5. The number of amides is 2. The Balaban J connectivity index is 0.000000198. The standard InChI is InChI=1S/C26H27FN2O2.C22H19BrFNO2/c1-18(30)28-22-11-8-19(9-12-22)16-21-10-13-24(31-2)25(26(21)27)20-6-5-7-23(17-20)29-14-3-4-15-29;1-14(26)25-19-9-6-15(7-10-19)12-17-8-11-20(27-2)21(22(17)24)16-4-3-5-18(23)13-16/h5-13,17H,3-4,14-16H2,1-2H3,(H,28,30);3-11,13H,12H2,1-2H3,(H,25,26). The smallest absolute Gasteiger partial charge is 0.221 e. The molecule has 10 heteroatoms. The molecule has 298 valence electrons. The first kappa shape index (κ1) is 41.6. The van der Waals surface area contributed by atoms with Gasteiger partial charge in [0.2, 0.25) is 11.8 Å². The summed E-state index contributed by atoms with van der Waals surface area (Å²) in [7, 11) is 3.11. The van der Waals surface area contributed by atoms with Crippen LogP contribution in [0.3, 0.4) is 0 Å². The van der Waals surface area contributed by atoms with Gasteiger partial charge in [-0.3, -0.25) is 9.59 Å². The van der Waals surface area contributed by atoms with E-state index in [1.807, 2.05) is 91.0 Å². The monoisotopic (exact) mass is 845 g/mol. The number of ether oxygens (including phenoxy) is 2. The van der Waals surface area contributed by atoms with Crippen LogP contribution in [0.4, 0.5) is 25.8 Å². The molecular formula is C48H46BrF2N3O4. The largest absolute Gasteiger partial charge is 0.496 e. The normalized spacial score (nSPS) is 12.0. The molecule has 0 aliphatic carbocycles. The summed E-state index contributed by atoms with van der Waals surface area (Å²) in [6, 6.07) is 37.6. The van der Waals surface area contributed by atoms with Crippen LogP contribution in [0.15, 0.2) is 126 Å². The van der Waals surface area contributed by atoms with E-state index in [1.165, 1.54) is 33.8 Å². The van der Waals surface area contributed by atoms with E-state index in [0.29, 0.717) is 46.6 Å². The Bertz CT molecular complexity index is 2380. The van der Waals surface area contributed by atoms with Gasteiger partial charge in [-0.05, 0) is 107 Å². The van der Waals surface area contributed by atoms with Gasteiger partial charge < -0.3 is 25.0 Å². The number of hydrogen-bond donors (Lipinski definition) is 2. The first-order valence-electron chi connectivity index (χ1n) is 19.1. The molecule has 2 amide bonds. The number of nitrogens with zero attached hydrogens (tertiary/aromatic N) is 1. The van der Waals surface area contributed by atoms with Gasteiger partial charge in [0.15, 0.2) is 0 Å². The van der Waals surface area contributed by atoms with Crippen molar-refractivity contribution in [2.45, 2.75) is 39.5 Å². The fourth-order valence-electron chi connectivity index (χ4n) is 7.09. The number of rotatable bonds is 11. The van der Waals surface area contributed by atoms with Gasteiger partial charge in [0.25, 0.3) is 0 Å². The third-order valence-electron chi connectivity index (χ3n) is 9.86. The van der Waals surface area contributed by atoms with Gasteiger partial charge in [-0.1, -0.05) is 76.6 Å². The molecule has 0 aromatic heterocycles. The summed E-state index contributed by atoms with van der Waals surface area (Å²) in [5.41, 5.74) is 8.19. The van der Waals surface area contributed by atoms with E-state index in [0.717, 1.165) is 56.9 Å². The maximum Gasteiger partial charge on any atom is 0.221 e. The Morgan fingerprint density at radius 2 is 1.07 bits per heavy atom. The van der Waals surface area contributed by atoms with Crippen LogP contribution >= 0.6 is 15.9 Å². The van der Waals surface area contributed by atoms with E-state index >= 15 is 8.78 Å². The minimum Gasteiger partial charge on any atom is -0.496 e. The van der Waals surface area contributed by atoms with Crippen LogP contribution in [0.25, 0.3) is 22.3 Å². The summed E-state index contributed by atoms with van der Waals surface area (Å²) in [5.74, 6) is 0.232. The van der Waals surface area contributed by atoms with Crippen molar-refractivity contribution in [3.63, 3.8) is 0 Å². The first-order chi connectivity index (χ1) is 28.0. The van der Waals surface area contributed by atoms with Crippen molar-refractivity contribution in [2.24, 2.45) is 0 Å². The summed E-state index contributed by atoms with van der Waals surface area (Å²) in [6.07, 6.45) is 3.28. The molecule has 1 saturated heterocycles. The molecule has 0 radical (unpaired) electrons. The van der Waals surface area contributed by atoms with Gasteiger partial charge in [0.05, 0.1) is 25.3 Å². The highest BCUT2D eigenvalue weighted by Crippen LogP contribution is 2.38. The number of benzene rings is 6. The predicted molar refractivity (Wildman–Crippen MR) is 233 cm³/mol. The number of anilines is 3. The maximum absolute atomic E-state index is 15.7. The van der Waals surface area contributed by atoms with E-state index in [9.17, 15) is 9.59 Å². The fourth-order valence-corrected chi connectivity index (χ4v) is 7.49.